The minimum atomic E-state index is -0.870. The molecule has 1 saturated heterocycles. The average molecular weight is 265 g/mol. The molecule has 2 aromatic rings. The Kier molecular flexibility index (Phi) is 2.72. The number of nitrogens with one attached hydrogen (secondary N) is 2. The van der Waals surface area contributed by atoms with Crippen LogP contribution in [0, 0.1) is 0 Å². The first kappa shape index (κ1) is 12.1. The number of aromatic amines is 1. The Balaban J connectivity index is 1.83. The van der Waals surface area contributed by atoms with Crippen LogP contribution in [0.15, 0.2) is 21.3 Å². The Labute approximate surface area is 108 Å². The highest BCUT2D eigenvalue weighted by molar-refractivity contribution is 5.85. The highest BCUT2D eigenvalue weighted by Crippen LogP contribution is 2.26. The van der Waals surface area contributed by atoms with Crippen molar-refractivity contribution in [3.05, 3.63) is 22.7 Å². The van der Waals surface area contributed by atoms with E-state index in [9.17, 15) is 9.90 Å². The van der Waals surface area contributed by atoms with Crippen LogP contribution in [-0.4, -0.2) is 35.5 Å². The molecule has 0 spiro atoms. The number of anilines is 2. The molecule has 0 saturated carbocycles. The van der Waals surface area contributed by atoms with Crippen LogP contribution in [0.25, 0.3) is 11.1 Å². The van der Waals surface area contributed by atoms with E-state index in [1.807, 2.05) is 0 Å². The van der Waals surface area contributed by atoms with Gasteiger partial charge in [-0.1, -0.05) is 0 Å². The van der Waals surface area contributed by atoms with Crippen LogP contribution < -0.4 is 16.8 Å². The lowest BCUT2D eigenvalue weighted by Crippen LogP contribution is -2.37. The molecule has 102 valence electrons. The van der Waals surface area contributed by atoms with Gasteiger partial charge in [0.1, 0.15) is 5.60 Å². The van der Waals surface area contributed by atoms with Gasteiger partial charge >= 0.3 is 5.76 Å². The lowest BCUT2D eigenvalue weighted by Gasteiger charge is -2.21. The van der Waals surface area contributed by atoms with E-state index in [1.165, 1.54) is 0 Å². The summed E-state index contributed by atoms with van der Waals surface area (Å²) in [6.07, 6.45) is 0.588. The molecule has 0 aliphatic carbocycles. The normalized spacial score (nSPS) is 23.0. The number of ether oxygens (including phenoxy) is 1. The van der Waals surface area contributed by atoms with Crippen LogP contribution in [0.2, 0.25) is 0 Å². The number of hydrogen-bond acceptors (Lipinski definition) is 6. The summed E-state index contributed by atoms with van der Waals surface area (Å²) in [6.45, 7) is 1.21. The van der Waals surface area contributed by atoms with E-state index in [-0.39, 0.29) is 0 Å². The smallest absolute Gasteiger partial charge is 0.408 e. The summed E-state index contributed by atoms with van der Waals surface area (Å²) >= 11 is 0. The first-order chi connectivity index (χ1) is 9.06. The number of aromatic nitrogens is 1. The quantitative estimate of drug-likeness (QED) is 0.592. The second-order valence-corrected chi connectivity index (χ2v) is 4.83. The zero-order chi connectivity index (χ0) is 13.5. The number of nitrogen functional groups attached to an aromatic ring is 1. The molecule has 2 heterocycles. The van der Waals surface area contributed by atoms with Gasteiger partial charge in [-0.3, -0.25) is 4.98 Å². The van der Waals surface area contributed by atoms with Crippen LogP contribution in [-0.2, 0) is 4.74 Å². The lowest BCUT2D eigenvalue weighted by molar-refractivity contribution is 0.0382. The standard InChI is InChI=1S/C12H15N3O4/c13-7-3-10-9(15-11(16)19-10)4-8(7)14-5-12(17)1-2-18-6-12/h3-4,14,17H,1-2,5-6,13H2,(H,15,16). The van der Waals surface area contributed by atoms with E-state index in [4.69, 9.17) is 14.9 Å². The second kappa shape index (κ2) is 4.29. The van der Waals surface area contributed by atoms with Crippen LogP contribution in [0.5, 0.6) is 0 Å². The molecular formula is C12H15N3O4. The number of H-pyrrole nitrogens is 1. The van der Waals surface area contributed by atoms with Crippen molar-refractivity contribution in [2.24, 2.45) is 0 Å². The third kappa shape index (κ3) is 2.29. The van der Waals surface area contributed by atoms with Gasteiger partial charge in [0.2, 0.25) is 0 Å². The molecule has 1 fully saturated rings. The number of oxazole rings is 1. The number of hydrogen-bond donors (Lipinski definition) is 4. The summed E-state index contributed by atoms with van der Waals surface area (Å²) in [7, 11) is 0. The molecule has 1 atom stereocenters. The molecule has 5 N–H and O–H groups in total. The Morgan fingerprint density at radius 1 is 1.53 bits per heavy atom. The van der Waals surface area contributed by atoms with Crippen LogP contribution in [0.4, 0.5) is 11.4 Å². The van der Waals surface area contributed by atoms with E-state index < -0.39 is 11.4 Å². The summed E-state index contributed by atoms with van der Waals surface area (Å²) in [5.41, 5.74) is 7.08. The predicted octanol–water partition coefficient (Wildman–Crippen LogP) is 0.267. The van der Waals surface area contributed by atoms with Crippen LogP contribution in [0.1, 0.15) is 6.42 Å². The molecular weight excluding hydrogens is 250 g/mol. The van der Waals surface area contributed by atoms with Crippen molar-refractivity contribution in [2.75, 3.05) is 30.8 Å². The number of rotatable bonds is 3. The Morgan fingerprint density at radius 2 is 2.37 bits per heavy atom. The molecule has 1 aromatic heterocycles. The van der Waals surface area contributed by atoms with Crippen molar-refractivity contribution in [3.8, 4) is 0 Å². The topological polar surface area (TPSA) is 114 Å². The maximum Gasteiger partial charge on any atom is 0.417 e. The summed E-state index contributed by atoms with van der Waals surface area (Å²) in [6, 6.07) is 3.26. The van der Waals surface area contributed by atoms with Crippen molar-refractivity contribution < 1.29 is 14.3 Å². The monoisotopic (exact) mass is 265 g/mol. The predicted molar refractivity (Wildman–Crippen MR) is 70.1 cm³/mol. The van der Waals surface area contributed by atoms with E-state index in [2.05, 4.69) is 10.3 Å². The van der Waals surface area contributed by atoms with Crippen LogP contribution >= 0.6 is 0 Å². The van der Waals surface area contributed by atoms with E-state index in [0.717, 1.165) is 0 Å². The van der Waals surface area contributed by atoms with E-state index >= 15 is 0 Å². The molecule has 1 unspecified atom stereocenters. The zero-order valence-electron chi connectivity index (χ0n) is 10.2. The minimum Gasteiger partial charge on any atom is -0.408 e. The molecule has 3 rings (SSSR count). The maximum atomic E-state index is 11.1. The fraction of sp³-hybridized carbons (Fsp3) is 0.417. The van der Waals surface area contributed by atoms with Gasteiger partial charge in [-0.25, -0.2) is 4.79 Å². The third-order valence-electron chi connectivity index (χ3n) is 3.28. The summed E-state index contributed by atoms with van der Waals surface area (Å²) in [4.78, 5) is 13.6. The summed E-state index contributed by atoms with van der Waals surface area (Å²) < 4.78 is 10.1. The summed E-state index contributed by atoms with van der Waals surface area (Å²) in [5.74, 6) is -0.519. The Hall–Kier alpha value is -1.99. The molecule has 0 amide bonds. The van der Waals surface area contributed by atoms with Gasteiger partial charge in [-0.2, -0.15) is 0 Å². The van der Waals surface area contributed by atoms with Gasteiger partial charge in [-0.15, -0.1) is 0 Å². The summed E-state index contributed by atoms with van der Waals surface area (Å²) in [5, 5.41) is 13.2. The zero-order valence-corrected chi connectivity index (χ0v) is 10.2. The van der Waals surface area contributed by atoms with Crippen molar-refractivity contribution in [1.29, 1.82) is 0 Å². The van der Waals surface area contributed by atoms with E-state index in [0.29, 0.717) is 48.7 Å². The van der Waals surface area contributed by atoms with Gasteiger partial charge in [-0.05, 0) is 6.07 Å². The largest absolute Gasteiger partial charge is 0.417 e. The van der Waals surface area contributed by atoms with Gasteiger partial charge in [0.25, 0.3) is 0 Å². The van der Waals surface area contributed by atoms with Crippen LogP contribution in [0.3, 0.4) is 0 Å². The number of nitrogens with two attached hydrogens (primary N) is 1. The Morgan fingerprint density at radius 3 is 3.11 bits per heavy atom. The second-order valence-electron chi connectivity index (χ2n) is 4.83. The van der Waals surface area contributed by atoms with Crippen molar-refractivity contribution >= 4 is 22.5 Å². The molecule has 1 aliphatic heterocycles. The molecule has 0 bridgehead atoms. The van der Waals surface area contributed by atoms with Gasteiger partial charge < -0.3 is 25.3 Å². The number of aliphatic hydroxyl groups is 1. The van der Waals surface area contributed by atoms with Gasteiger partial charge in [0.05, 0.1) is 23.5 Å². The Bertz CT molecular complexity index is 655. The lowest BCUT2D eigenvalue weighted by atomic mass is 10.0. The van der Waals surface area contributed by atoms with Crippen molar-refractivity contribution in [3.63, 3.8) is 0 Å². The average Bonchev–Trinajstić information content (AvgIpc) is 2.92. The fourth-order valence-electron chi connectivity index (χ4n) is 2.16. The molecule has 7 heteroatoms. The van der Waals surface area contributed by atoms with Crippen molar-refractivity contribution in [1.82, 2.24) is 4.98 Å². The van der Waals surface area contributed by atoms with Gasteiger partial charge in [0.15, 0.2) is 5.58 Å². The molecule has 1 aliphatic rings. The maximum absolute atomic E-state index is 11.1. The highest BCUT2D eigenvalue weighted by atomic mass is 16.5. The first-order valence-corrected chi connectivity index (χ1v) is 6.02. The fourth-order valence-corrected chi connectivity index (χ4v) is 2.16. The number of fused-ring (bicyclic) bond motifs is 1. The first-order valence-electron chi connectivity index (χ1n) is 6.02. The number of benzene rings is 1. The molecule has 7 nitrogen and oxygen atoms in total. The third-order valence-corrected chi connectivity index (χ3v) is 3.28. The SMILES string of the molecule is Nc1cc2oc(=O)[nH]c2cc1NCC1(O)CCOC1. The van der Waals surface area contributed by atoms with Gasteiger partial charge in [0, 0.05) is 25.6 Å². The minimum absolute atomic E-state index is 0.310. The highest BCUT2D eigenvalue weighted by Gasteiger charge is 2.32. The van der Waals surface area contributed by atoms with E-state index in [1.54, 1.807) is 12.1 Å². The molecule has 19 heavy (non-hydrogen) atoms. The molecule has 1 aromatic carbocycles. The van der Waals surface area contributed by atoms with Crippen molar-refractivity contribution in [2.45, 2.75) is 12.0 Å². The molecule has 0 radical (unpaired) electrons.